The summed E-state index contributed by atoms with van der Waals surface area (Å²) in [5.41, 5.74) is 3.34. The first-order valence-electron chi connectivity index (χ1n) is 10.8. The molecule has 0 unspecified atom stereocenters. The first-order valence-corrected chi connectivity index (χ1v) is 11.8. The molecule has 1 amide bonds. The van der Waals surface area contributed by atoms with Crippen molar-refractivity contribution < 1.29 is 14.3 Å². The Morgan fingerprint density at radius 2 is 1.97 bits per heavy atom. The monoisotopic (exact) mass is 465 g/mol. The van der Waals surface area contributed by atoms with Gasteiger partial charge in [-0.3, -0.25) is 9.59 Å². The lowest BCUT2D eigenvalue weighted by Gasteiger charge is -2.28. The van der Waals surface area contributed by atoms with Crippen LogP contribution in [0.4, 0.5) is 5.82 Å². The quantitative estimate of drug-likeness (QED) is 0.415. The van der Waals surface area contributed by atoms with E-state index in [0.29, 0.717) is 40.4 Å². The number of thioether (sulfide) groups is 1. The van der Waals surface area contributed by atoms with E-state index in [2.05, 4.69) is 29.4 Å². The van der Waals surface area contributed by atoms with Crippen LogP contribution in [0.5, 0.6) is 11.5 Å². The van der Waals surface area contributed by atoms with E-state index in [1.807, 2.05) is 44.3 Å². The van der Waals surface area contributed by atoms with Crippen LogP contribution in [0.25, 0.3) is 0 Å². The first-order chi connectivity index (χ1) is 15.9. The second-order valence-corrected chi connectivity index (χ2v) is 8.83. The van der Waals surface area contributed by atoms with E-state index in [9.17, 15) is 9.59 Å². The molecule has 0 saturated carbocycles. The highest BCUT2D eigenvalue weighted by atomic mass is 32.2. The second kappa shape index (κ2) is 9.70. The van der Waals surface area contributed by atoms with Gasteiger partial charge in [0, 0.05) is 25.1 Å². The fraction of sp³-hybridized carbons (Fsp3) is 0.320. The minimum atomic E-state index is -0.417. The van der Waals surface area contributed by atoms with Crippen LogP contribution in [0.1, 0.15) is 41.5 Å². The zero-order valence-corrected chi connectivity index (χ0v) is 20.0. The SMILES string of the molecule is CCOc1ccc([C@H]2CC(=O)Nc3c2c(=O)nc(SCc2ccccc2C)n3C)cc1OC. The van der Waals surface area contributed by atoms with Crippen LogP contribution >= 0.6 is 11.8 Å². The van der Waals surface area contributed by atoms with Crippen LogP contribution < -0.4 is 20.3 Å². The fourth-order valence-electron chi connectivity index (χ4n) is 4.04. The summed E-state index contributed by atoms with van der Waals surface area (Å²) >= 11 is 1.48. The summed E-state index contributed by atoms with van der Waals surface area (Å²) < 4.78 is 12.9. The van der Waals surface area contributed by atoms with Gasteiger partial charge in [0.1, 0.15) is 5.82 Å². The Morgan fingerprint density at radius 1 is 1.18 bits per heavy atom. The van der Waals surface area contributed by atoms with Crippen LogP contribution in [-0.2, 0) is 17.6 Å². The molecule has 0 saturated heterocycles. The number of rotatable bonds is 7. The van der Waals surface area contributed by atoms with Gasteiger partial charge in [-0.15, -0.1) is 0 Å². The topological polar surface area (TPSA) is 82.5 Å². The summed E-state index contributed by atoms with van der Waals surface area (Å²) in [5, 5.41) is 3.46. The zero-order valence-electron chi connectivity index (χ0n) is 19.2. The molecule has 1 aliphatic rings. The highest BCUT2D eigenvalue weighted by Crippen LogP contribution is 2.39. The van der Waals surface area contributed by atoms with E-state index < -0.39 is 5.92 Å². The number of methoxy groups -OCH3 is 1. The summed E-state index contributed by atoms with van der Waals surface area (Å²) in [4.78, 5) is 30.2. The molecule has 0 aliphatic carbocycles. The number of fused-ring (bicyclic) bond motifs is 1. The number of ether oxygens (including phenoxy) is 2. The minimum Gasteiger partial charge on any atom is -0.493 e. The van der Waals surface area contributed by atoms with Crippen molar-refractivity contribution in [2.75, 3.05) is 19.0 Å². The molecule has 0 fully saturated rings. The summed E-state index contributed by atoms with van der Waals surface area (Å²) in [7, 11) is 3.40. The zero-order chi connectivity index (χ0) is 23.5. The number of carbonyl (C=O) groups excluding carboxylic acids is 1. The van der Waals surface area contributed by atoms with Gasteiger partial charge in [-0.2, -0.15) is 4.98 Å². The van der Waals surface area contributed by atoms with Crippen LogP contribution in [0, 0.1) is 6.92 Å². The molecule has 1 N–H and O–H groups in total. The van der Waals surface area contributed by atoms with E-state index in [1.54, 1.807) is 11.7 Å². The molecule has 0 bridgehead atoms. The van der Waals surface area contributed by atoms with Crippen molar-refractivity contribution in [3.8, 4) is 11.5 Å². The molecule has 0 spiro atoms. The van der Waals surface area contributed by atoms with E-state index in [-0.39, 0.29) is 17.9 Å². The van der Waals surface area contributed by atoms with Gasteiger partial charge in [-0.25, -0.2) is 0 Å². The van der Waals surface area contributed by atoms with Gasteiger partial charge in [0.25, 0.3) is 5.56 Å². The molecule has 1 atom stereocenters. The summed E-state index contributed by atoms with van der Waals surface area (Å²) in [5.74, 6) is 1.81. The van der Waals surface area contributed by atoms with Gasteiger partial charge in [0.05, 0.1) is 19.3 Å². The summed E-state index contributed by atoms with van der Waals surface area (Å²) in [6, 6.07) is 13.6. The maximum absolute atomic E-state index is 13.2. The lowest BCUT2D eigenvalue weighted by atomic mass is 9.86. The number of aryl methyl sites for hydroxylation is 1. The van der Waals surface area contributed by atoms with E-state index in [0.717, 1.165) is 5.56 Å². The van der Waals surface area contributed by atoms with Gasteiger partial charge in [0.15, 0.2) is 16.7 Å². The summed E-state index contributed by atoms with van der Waals surface area (Å²) in [6.07, 6.45) is 0.163. The van der Waals surface area contributed by atoms with Crippen molar-refractivity contribution in [2.24, 2.45) is 7.05 Å². The van der Waals surface area contributed by atoms with Crippen molar-refractivity contribution in [2.45, 2.75) is 37.1 Å². The predicted octanol–water partition coefficient (Wildman–Crippen LogP) is 4.26. The molecule has 8 heteroatoms. The average molecular weight is 466 g/mol. The Kier molecular flexibility index (Phi) is 6.74. The Hall–Kier alpha value is -3.26. The third-order valence-electron chi connectivity index (χ3n) is 5.81. The number of nitrogens with one attached hydrogen (secondary N) is 1. The maximum atomic E-state index is 13.2. The van der Waals surface area contributed by atoms with Crippen molar-refractivity contribution in [3.63, 3.8) is 0 Å². The van der Waals surface area contributed by atoms with Crippen LogP contribution in [-0.4, -0.2) is 29.2 Å². The van der Waals surface area contributed by atoms with Crippen molar-refractivity contribution in [3.05, 3.63) is 75.1 Å². The second-order valence-electron chi connectivity index (χ2n) is 7.88. The molecule has 33 heavy (non-hydrogen) atoms. The molecule has 1 aliphatic heterocycles. The van der Waals surface area contributed by atoms with E-state index in [1.165, 1.54) is 22.9 Å². The molecule has 0 radical (unpaired) electrons. The van der Waals surface area contributed by atoms with Crippen LogP contribution in [0.2, 0.25) is 0 Å². The molecule has 7 nitrogen and oxygen atoms in total. The van der Waals surface area contributed by atoms with Gasteiger partial charge in [-0.1, -0.05) is 42.1 Å². The summed E-state index contributed by atoms with van der Waals surface area (Å²) in [6.45, 7) is 4.47. The number of nitrogens with zero attached hydrogens (tertiary/aromatic N) is 2. The van der Waals surface area contributed by atoms with Gasteiger partial charge < -0.3 is 19.4 Å². The number of carbonyl (C=O) groups is 1. The van der Waals surface area contributed by atoms with Crippen molar-refractivity contribution >= 4 is 23.5 Å². The Labute approximate surface area is 197 Å². The van der Waals surface area contributed by atoms with Crippen molar-refractivity contribution in [1.82, 2.24) is 9.55 Å². The first kappa shape index (κ1) is 22.9. The minimum absolute atomic E-state index is 0.142. The largest absolute Gasteiger partial charge is 0.493 e. The molecular weight excluding hydrogens is 438 g/mol. The highest BCUT2D eigenvalue weighted by Gasteiger charge is 2.32. The number of benzene rings is 2. The molecule has 2 aromatic carbocycles. The molecular formula is C25H27N3O4S. The normalized spacial score (nSPS) is 15.0. The van der Waals surface area contributed by atoms with Gasteiger partial charge >= 0.3 is 0 Å². The predicted molar refractivity (Wildman–Crippen MR) is 129 cm³/mol. The smallest absolute Gasteiger partial charge is 0.279 e. The Balaban J connectivity index is 1.72. The number of anilines is 1. The van der Waals surface area contributed by atoms with Crippen LogP contribution in [0.3, 0.4) is 0 Å². The van der Waals surface area contributed by atoms with Crippen LogP contribution in [0.15, 0.2) is 52.4 Å². The Bertz CT molecular complexity index is 1250. The number of aromatic nitrogens is 2. The number of hydrogen-bond donors (Lipinski definition) is 1. The van der Waals surface area contributed by atoms with E-state index in [4.69, 9.17) is 9.47 Å². The number of hydrogen-bond acceptors (Lipinski definition) is 6. The fourth-order valence-corrected chi connectivity index (χ4v) is 5.08. The molecule has 3 aromatic rings. The standard InChI is InChI=1S/C25H27N3O4S/c1-5-32-19-11-10-16(12-20(19)31-4)18-13-21(29)26-23-22(18)24(30)27-25(28(23)3)33-14-17-9-7-6-8-15(17)2/h6-12,18H,5,13-14H2,1-4H3,(H,26,29)/t18-/m1/s1. The number of amides is 1. The lowest BCUT2D eigenvalue weighted by Crippen LogP contribution is -2.33. The Morgan fingerprint density at radius 3 is 2.70 bits per heavy atom. The van der Waals surface area contributed by atoms with E-state index >= 15 is 0 Å². The average Bonchev–Trinajstić information content (AvgIpc) is 2.81. The highest BCUT2D eigenvalue weighted by molar-refractivity contribution is 7.98. The molecule has 172 valence electrons. The molecule has 1 aromatic heterocycles. The lowest BCUT2D eigenvalue weighted by molar-refractivity contribution is -0.116. The third-order valence-corrected chi connectivity index (χ3v) is 6.89. The third kappa shape index (κ3) is 4.61. The van der Waals surface area contributed by atoms with Gasteiger partial charge in [-0.05, 0) is 42.7 Å². The van der Waals surface area contributed by atoms with Crippen molar-refractivity contribution in [1.29, 1.82) is 0 Å². The molecule has 4 rings (SSSR count). The molecule has 2 heterocycles. The van der Waals surface area contributed by atoms with Gasteiger partial charge in [0.2, 0.25) is 5.91 Å². The maximum Gasteiger partial charge on any atom is 0.279 e.